The summed E-state index contributed by atoms with van der Waals surface area (Å²) >= 11 is 0. The Kier molecular flexibility index (Phi) is 5.71. The highest BCUT2D eigenvalue weighted by molar-refractivity contribution is 6.02. The van der Waals surface area contributed by atoms with Crippen molar-refractivity contribution in [1.29, 1.82) is 0 Å². The molecule has 172 valence electrons. The average Bonchev–Trinajstić information content (AvgIpc) is 3.52. The zero-order valence-electron chi connectivity index (χ0n) is 19.4. The number of aliphatic imine (C=N–C) groups is 1. The van der Waals surface area contributed by atoms with Crippen molar-refractivity contribution in [2.75, 3.05) is 0 Å². The number of aromatic nitrogens is 2. The molecule has 1 aromatic heterocycles. The molecule has 2 aliphatic rings. The highest BCUT2D eigenvalue weighted by atomic mass is 19.1. The van der Waals surface area contributed by atoms with Crippen molar-refractivity contribution >= 4 is 33.8 Å². The van der Waals surface area contributed by atoms with E-state index in [0.29, 0.717) is 16.8 Å². The van der Waals surface area contributed by atoms with Gasteiger partial charge in [0, 0.05) is 18.3 Å². The Morgan fingerprint density at radius 2 is 1.69 bits per heavy atom. The first-order valence-electron chi connectivity index (χ1n) is 12.2. The Morgan fingerprint density at radius 3 is 2.40 bits per heavy atom. The molecule has 4 aromatic rings. The van der Waals surface area contributed by atoms with E-state index in [9.17, 15) is 4.39 Å². The van der Waals surface area contributed by atoms with Crippen molar-refractivity contribution in [3.8, 4) is 0 Å². The summed E-state index contributed by atoms with van der Waals surface area (Å²) in [5.41, 5.74) is 8.73. The van der Waals surface area contributed by atoms with E-state index in [1.54, 1.807) is 0 Å². The van der Waals surface area contributed by atoms with Gasteiger partial charge in [-0.05, 0) is 70.4 Å². The van der Waals surface area contributed by atoms with Gasteiger partial charge in [0.15, 0.2) is 0 Å². The van der Waals surface area contributed by atoms with E-state index in [0.717, 1.165) is 28.8 Å². The van der Waals surface area contributed by atoms with E-state index in [1.807, 2.05) is 18.3 Å². The molecular formula is C31H26FN3. The van der Waals surface area contributed by atoms with Crippen LogP contribution in [0, 0.1) is 11.9 Å². The van der Waals surface area contributed by atoms with Gasteiger partial charge in [0.1, 0.15) is 0 Å². The topological polar surface area (TPSA) is 41.0 Å². The van der Waals surface area contributed by atoms with Gasteiger partial charge < -0.3 is 0 Å². The number of allylic oxidation sites excluding steroid dienone is 3. The highest BCUT2D eigenvalue weighted by Crippen LogP contribution is 2.45. The van der Waals surface area contributed by atoms with Crippen molar-refractivity contribution in [1.82, 2.24) is 10.2 Å². The van der Waals surface area contributed by atoms with Gasteiger partial charge in [-0.1, -0.05) is 79.2 Å². The lowest BCUT2D eigenvalue weighted by Gasteiger charge is -2.31. The van der Waals surface area contributed by atoms with Crippen LogP contribution in [0.5, 0.6) is 0 Å². The minimum Gasteiger partial charge on any atom is -0.261 e. The second-order valence-corrected chi connectivity index (χ2v) is 9.22. The normalized spacial score (nSPS) is 16.5. The Hall–Kier alpha value is -4.05. The third kappa shape index (κ3) is 4.28. The summed E-state index contributed by atoms with van der Waals surface area (Å²) in [6.45, 7) is 0. The number of nitrogens with one attached hydrogen (secondary N) is 1. The van der Waals surface area contributed by atoms with Crippen LogP contribution in [0.1, 0.15) is 47.9 Å². The summed E-state index contributed by atoms with van der Waals surface area (Å²) in [7, 11) is 0. The summed E-state index contributed by atoms with van der Waals surface area (Å²) < 4.78 is 14.5. The van der Waals surface area contributed by atoms with E-state index >= 15 is 0 Å². The molecule has 1 saturated carbocycles. The molecule has 35 heavy (non-hydrogen) atoms. The molecule has 1 aliphatic carbocycles. The van der Waals surface area contributed by atoms with Crippen molar-refractivity contribution in [2.45, 2.75) is 25.7 Å². The fourth-order valence-corrected chi connectivity index (χ4v) is 4.95. The third-order valence-electron chi connectivity index (χ3n) is 7.00. The summed E-state index contributed by atoms with van der Waals surface area (Å²) in [5, 5.41) is 7.08. The van der Waals surface area contributed by atoms with Crippen molar-refractivity contribution in [3.05, 3.63) is 119 Å². The average molecular weight is 460 g/mol. The fraction of sp³-hybridized carbons (Fsp3) is 0.161. The van der Waals surface area contributed by atoms with E-state index < -0.39 is 5.95 Å². The van der Waals surface area contributed by atoms with Gasteiger partial charge in [-0.25, -0.2) is 0 Å². The molecule has 6 rings (SSSR count). The Bertz CT molecular complexity index is 1480. The van der Waals surface area contributed by atoms with Crippen LogP contribution in [-0.4, -0.2) is 15.9 Å². The number of H-pyrrole nitrogens is 1. The predicted octanol–water partition coefficient (Wildman–Crippen LogP) is 7.83. The maximum atomic E-state index is 14.5. The van der Waals surface area contributed by atoms with Gasteiger partial charge in [-0.3, -0.25) is 10.1 Å². The first-order valence-corrected chi connectivity index (χ1v) is 12.2. The third-order valence-corrected chi connectivity index (χ3v) is 7.00. The van der Waals surface area contributed by atoms with E-state index in [4.69, 9.17) is 0 Å². The van der Waals surface area contributed by atoms with Crippen LogP contribution >= 0.6 is 0 Å². The smallest absolute Gasteiger partial charge is 0.216 e. The monoisotopic (exact) mass is 459 g/mol. The van der Waals surface area contributed by atoms with Gasteiger partial charge in [-0.15, -0.1) is 0 Å². The molecule has 4 heteroatoms. The molecule has 0 unspecified atom stereocenters. The van der Waals surface area contributed by atoms with E-state index in [2.05, 4.69) is 94.1 Å². The van der Waals surface area contributed by atoms with E-state index in [-0.39, 0.29) is 0 Å². The molecular weight excluding hydrogens is 433 g/mol. The molecule has 0 bridgehead atoms. The Labute approximate surface area is 204 Å². The summed E-state index contributed by atoms with van der Waals surface area (Å²) in [4.78, 5) is 4.36. The van der Waals surface area contributed by atoms with Gasteiger partial charge in [0.05, 0.1) is 10.9 Å². The van der Waals surface area contributed by atoms with Gasteiger partial charge >= 0.3 is 0 Å². The predicted molar refractivity (Wildman–Crippen MR) is 142 cm³/mol. The minimum absolute atomic E-state index is 0.393. The maximum Gasteiger partial charge on any atom is 0.216 e. The molecule has 0 radical (unpaired) electrons. The molecule has 3 nitrogen and oxygen atoms in total. The first kappa shape index (κ1) is 21.5. The SMILES string of the molecule is Fc1[nH]nc2ccc(/C(=C(/c3ccccc3)C3CCC3)c3ccc(/C=C/C4=NC=CC4)cc3)cc12. The molecule has 1 fully saturated rings. The number of fused-ring (bicyclic) bond motifs is 1. The number of benzene rings is 3. The molecule has 2 heterocycles. The van der Waals surface area contributed by atoms with Crippen LogP contribution in [0.15, 0.2) is 96.1 Å². The second-order valence-electron chi connectivity index (χ2n) is 9.22. The Balaban J connectivity index is 1.50. The summed E-state index contributed by atoms with van der Waals surface area (Å²) in [6, 6.07) is 25.2. The largest absolute Gasteiger partial charge is 0.261 e. The lowest BCUT2D eigenvalue weighted by atomic mass is 9.73. The standard InChI is InChI=1S/C31H26FN3/c32-31-27-20-25(16-18-28(27)34-35-31)30(29(23-8-4-9-23)22-6-2-1-3-7-22)24-14-11-21(12-15-24)13-17-26-10-5-19-33-26/h1-3,5-7,11-20,23H,4,8-10H2,(H,34,35)/b17-13+,30-29-. The van der Waals surface area contributed by atoms with Crippen molar-refractivity contribution in [2.24, 2.45) is 10.9 Å². The number of hydrogen-bond donors (Lipinski definition) is 1. The number of halogens is 1. The lowest BCUT2D eigenvalue weighted by Crippen LogP contribution is -2.15. The first-order chi connectivity index (χ1) is 17.3. The van der Waals surface area contributed by atoms with Crippen LogP contribution in [0.2, 0.25) is 0 Å². The van der Waals surface area contributed by atoms with Crippen LogP contribution in [0.25, 0.3) is 28.1 Å². The van der Waals surface area contributed by atoms with Gasteiger partial charge in [0.25, 0.3) is 0 Å². The zero-order valence-corrected chi connectivity index (χ0v) is 19.4. The van der Waals surface area contributed by atoms with Crippen LogP contribution in [0.3, 0.4) is 0 Å². The van der Waals surface area contributed by atoms with Gasteiger partial charge in [0.2, 0.25) is 5.95 Å². The van der Waals surface area contributed by atoms with Crippen LogP contribution in [-0.2, 0) is 0 Å². The van der Waals surface area contributed by atoms with Crippen LogP contribution < -0.4 is 0 Å². The summed E-state index contributed by atoms with van der Waals surface area (Å²) in [6.07, 6.45) is 12.6. The van der Waals surface area contributed by atoms with Crippen molar-refractivity contribution in [3.63, 3.8) is 0 Å². The number of hydrogen-bond acceptors (Lipinski definition) is 2. The molecule has 0 atom stereocenters. The number of nitrogens with zero attached hydrogens (tertiary/aromatic N) is 2. The lowest BCUT2D eigenvalue weighted by molar-refractivity contribution is 0.401. The zero-order chi connectivity index (χ0) is 23.6. The maximum absolute atomic E-state index is 14.5. The van der Waals surface area contributed by atoms with Crippen molar-refractivity contribution < 1.29 is 4.39 Å². The minimum atomic E-state index is -0.393. The second kappa shape index (κ2) is 9.30. The quantitative estimate of drug-likeness (QED) is 0.293. The summed E-state index contributed by atoms with van der Waals surface area (Å²) in [5.74, 6) is 0.0978. The number of rotatable bonds is 6. The molecule has 0 amide bonds. The molecule has 3 aromatic carbocycles. The molecule has 1 aliphatic heterocycles. The fourth-order valence-electron chi connectivity index (χ4n) is 4.95. The molecule has 0 spiro atoms. The molecule has 1 N–H and O–H groups in total. The van der Waals surface area contributed by atoms with E-state index in [1.165, 1.54) is 36.0 Å². The highest BCUT2D eigenvalue weighted by Gasteiger charge is 2.27. The molecule has 0 saturated heterocycles. The Morgan fingerprint density at radius 1 is 0.886 bits per heavy atom. The van der Waals surface area contributed by atoms with Gasteiger partial charge in [-0.2, -0.15) is 9.49 Å². The van der Waals surface area contributed by atoms with Crippen LogP contribution in [0.4, 0.5) is 4.39 Å². The number of aromatic amines is 1.